The molecule has 0 unspecified atom stereocenters. The molecular formula is C17H20Cl2N4OS. The Hall–Kier alpha value is -0.950. The summed E-state index contributed by atoms with van der Waals surface area (Å²) in [6.07, 6.45) is 6.83. The maximum atomic E-state index is 12.6. The number of nitrogens with zero attached hydrogens (tertiary/aromatic N) is 3. The zero-order chi connectivity index (χ0) is 17.4. The molecule has 5 nitrogen and oxygen atoms in total. The predicted molar refractivity (Wildman–Crippen MR) is 101 cm³/mol. The molecule has 0 bridgehead atoms. The Labute approximate surface area is 160 Å². The lowest BCUT2D eigenvalue weighted by atomic mass is 9.88. The Kier molecular flexibility index (Phi) is 5.13. The van der Waals surface area contributed by atoms with Gasteiger partial charge in [-0.3, -0.25) is 9.69 Å². The number of aromatic amines is 1. The van der Waals surface area contributed by atoms with Gasteiger partial charge in [-0.25, -0.2) is 9.97 Å². The average Bonchev–Trinajstić information content (AvgIpc) is 2.93. The second-order valence-corrected chi connectivity index (χ2v) is 8.88. The topological polar surface area (TPSA) is 61.9 Å². The van der Waals surface area contributed by atoms with Crippen molar-refractivity contribution in [2.75, 3.05) is 6.54 Å². The zero-order valence-electron chi connectivity index (χ0n) is 13.9. The van der Waals surface area contributed by atoms with Gasteiger partial charge in [-0.15, -0.1) is 11.3 Å². The summed E-state index contributed by atoms with van der Waals surface area (Å²) in [6.45, 7) is 2.11. The second kappa shape index (κ2) is 7.35. The average molecular weight is 399 g/mol. The van der Waals surface area contributed by atoms with Gasteiger partial charge < -0.3 is 4.98 Å². The number of fused-ring (bicyclic) bond motifs is 1. The van der Waals surface area contributed by atoms with Crippen LogP contribution < -0.4 is 5.56 Å². The molecule has 2 aromatic heterocycles. The van der Waals surface area contributed by atoms with Gasteiger partial charge in [0.15, 0.2) is 4.47 Å². The molecule has 25 heavy (non-hydrogen) atoms. The summed E-state index contributed by atoms with van der Waals surface area (Å²) in [4.78, 5) is 27.7. The predicted octanol–water partition coefficient (Wildman–Crippen LogP) is 4.14. The first-order chi connectivity index (χ1) is 12.1. The maximum absolute atomic E-state index is 12.6. The number of thiazole rings is 1. The van der Waals surface area contributed by atoms with Crippen LogP contribution in [0.1, 0.15) is 60.0 Å². The van der Waals surface area contributed by atoms with Crippen LogP contribution in [-0.2, 0) is 19.5 Å². The van der Waals surface area contributed by atoms with Gasteiger partial charge in [0.25, 0.3) is 5.56 Å². The molecule has 1 saturated carbocycles. The highest BCUT2D eigenvalue weighted by Gasteiger charge is 2.25. The van der Waals surface area contributed by atoms with Crippen molar-refractivity contribution in [3.05, 3.63) is 41.9 Å². The van der Waals surface area contributed by atoms with Crippen LogP contribution in [0.25, 0.3) is 0 Å². The molecule has 134 valence electrons. The van der Waals surface area contributed by atoms with Crippen molar-refractivity contribution < 1.29 is 0 Å². The molecule has 0 atom stereocenters. The van der Waals surface area contributed by atoms with Crippen molar-refractivity contribution in [1.29, 1.82) is 0 Å². The van der Waals surface area contributed by atoms with Crippen molar-refractivity contribution in [2.45, 2.75) is 57.5 Å². The first kappa shape index (κ1) is 17.5. The number of nitrogens with one attached hydrogen (secondary N) is 1. The number of rotatable bonds is 3. The van der Waals surface area contributed by atoms with Gasteiger partial charge >= 0.3 is 0 Å². The fourth-order valence-electron chi connectivity index (χ4n) is 3.81. The summed E-state index contributed by atoms with van der Waals surface area (Å²) in [6, 6.07) is 0. The first-order valence-electron chi connectivity index (χ1n) is 8.75. The van der Waals surface area contributed by atoms with E-state index in [0.29, 0.717) is 28.6 Å². The molecule has 0 amide bonds. The van der Waals surface area contributed by atoms with Crippen LogP contribution in [0.3, 0.4) is 0 Å². The standard InChI is InChI=1S/C17H20Cl2N4OS/c18-14-13(25-17(19)21-14)9-23-7-6-12-11(8-23)16(24)22-15(20-12)10-4-2-1-3-5-10/h10H,1-9H2,(H,20,22,24). The number of hydrogen-bond acceptors (Lipinski definition) is 5. The summed E-state index contributed by atoms with van der Waals surface area (Å²) in [5.41, 5.74) is 1.77. The van der Waals surface area contributed by atoms with Crippen LogP contribution in [0.4, 0.5) is 0 Å². The van der Waals surface area contributed by atoms with E-state index >= 15 is 0 Å². The second-order valence-electron chi connectivity index (χ2n) is 6.85. The summed E-state index contributed by atoms with van der Waals surface area (Å²) in [5.74, 6) is 1.32. The summed E-state index contributed by atoms with van der Waals surface area (Å²) in [5, 5.41) is 0.459. The fourth-order valence-corrected chi connectivity index (χ4v) is 5.25. The van der Waals surface area contributed by atoms with Crippen LogP contribution in [0, 0.1) is 0 Å². The Morgan fingerprint density at radius 1 is 1.20 bits per heavy atom. The minimum absolute atomic E-state index is 0.0173. The highest BCUT2D eigenvalue weighted by molar-refractivity contribution is 7.16. The zero-order valence-corrected chi connectivity index (χ0v) is 16.2. The summed E-state index contributed by atoms with van der Waals surface area (Å²) >= 11 is 13.4. The van der Waals surface area contributed by atoms with Crippen molar-refractivity contribution in [1.82, 2.24) is 19.9 Å². The van der Waals surface area contributed by atoms with Crippen molar-refractivity contribution in [3.63, 3.8) is 0 Å². The number of hydrogen-bond donors (Lipinski definition) is 1. The van der Waals surface area contributed by atoms with E-state index in [0.717, 1.165) is 47.8 Å². The minimum Gasteiger partial charge on any atom is -0.310 e. The quantitative estimate of drug-likeness (QED) is 0.843. The lowest BCUT2D eigenvalue weighted by Gasteiger charge is -2.28. The van der Waals surface area contributed by atoms with E-state index in [-0.39, 0.29) is 5.56 Å². The van der Waals surface area contributed by atoms with Crippen LogP contribution in [0.5, 0.6) is 0 Å². The Balaban J connectivity index is 1.53. The molecule has 1 N–H and O–H groups in total. The van der Waals surface area contributed by atoms with E-state index in [2.05, 4.69) is 14.9 Å². The largest absolute Gasteiger partial charge is 0.310 e. The van der Waals surface area contributed by atoms with E-state index in [4.69, 9.17) is 28.2 Å². The van der Waals surface area contributed by atoms with Gasteiger partial charge in [0, 0.05) is 32.0 Å². The molecule has 0 spiro atoms. The summed E-state index contributed by atoms with van der Waals surface area (Å²) < 4.78 is 0.453. The van der Waals surface area contributed by atoms with Gasteiger partial charge in [-0.05, 0) is 12.8 Å². The lowest BCUT2D eigenvalue weighted by Crippen LogP contribution is -2.36. The molecule has 0 radical (unpaired) electrons. The highest BCUT2D eigenvalue weighted by Crippen LogP contribution is 2.31. The fraction of sp³-hybridized carbons (Fsp3) is 0.588. The number of H-pyrrole nitrogens is 1. The van der Waals surface area contributed by atoms with Crippen molar-refractivity contribution in [3.8, 4) is 0 Å². The normalized spacial score (nSPS) is 19.1. The third-order valence-corrected chi connectivity index (χ3v) is 6.72. The molecule has 3 heterocycles. The van der Waals surface area contributed by atoms with Crippen LogP contribution in [0.2, 0.25) is 9.62 Å². The van der Waals surface area contributed by atoms with E-state index in [1.54, 1.807) is 0 Å². The Morgan fingerprint density at radius 2 is 2.00 bits per heavy atom. The molecule has 8 heteroatoms. The van der Waals surface area contributed by atoms with Gasteiger partial charge in [0.2, 0.25) is 0 Å². The monoisotopic (exact) mass is 398 g/mol. The van der Waals surface area contributed by atoms with Crippen molar-refractivity contribution in [2.24, 2.45) is 0 Å². The number of halogens is 2. The van der Waals surface area contributed by atoms with Crippen LogP contribution in [0.15, 0.2) is 4.79 Å². The van der Waals surface area contributed by atoms with Crippen molar-refractivity contribution >= 4 is 34.5 Å². The Bertz CT molecular complexity index is 829. The SMILES string of the molecule is O=c1[nH]c(C2CCCCC2)nc2c1CN(Cc1sc(Cl)nc1Cl)CC2. The smallest absolute Gasteiger partial charge is 0.255 e. The lowest BCUT2D eigenvalue weighted by molar-refractivity contribution is 0.243. The van der Waals surface area contributed by atoms with E-state index in [1.165, 1.54) is 30.6 Å². The third kappa shape index (κ3) is 3.77. The molecule has 0 aromatic carbocycles. The third-order valence-electron chi connectivity index (χ3n) is 5.15. The van der Waals surface area contributed by atoms with Gasteiger partial charge in [-0.1, -0.05) is 42.5 Å². The molecule has 1 fully saturated rings. The van der Waals surface area contributed by atoms with E-state index in [9.17, 15) is 4.79 Å². The molecular weight excluding hydrogens is 379 g/mol. The van der Waals surface area contributed by atoms with Crippen LogP contribution in [-0.4, -0.2) is 26.4 Å². The van der Waals surface area contributed by atoms with Crippen LogP contribution >= 0.6 is 34.5 Å². The molecule has 0 saturated heterocycles. The Morgan fingerprint density at radius 3 is 2.72 bits per heavy atom. The van der Waals surface area contributed by atoms with Gasteiger partial charge in [0.05, 0.1) is 16.1 Å². The maximum Gasteiger partial charge on any atom is 0.255 e. The van der Waals surface area contributed by atoms with Gasteiger partial charge in [-0.2, -0.15) is 0 Å². The summed E-state index contributed by atoms with van der Waals surface area (Å²) in [7, 11) is 0. The highest BCUT2D eigenvalue weighted by atomic mass is 35.5. The molecule has 1 aliphatic carbocycles. The van der Waals surface area contributed by atoms with E-state index in [1.807, 2.05) is 0 Å². The van der Waals surface area contributed by atoms with Gasteiger partial charge in [0.1, 0.15) is 11.0 Å². The molecule has 2 aliphatic rings. The number of aromatic nitrogens is 3. The molecule has 2 aromatic rings. The molecule has 4 rings (SSSR count). The first-order valence-corrected chi connectivity index (χ1v) is 10.3. The minimum atomic E-state index is 0.0173. The van der Waals surface area contributed by atoms with E-state index < -0.39 is 0 Å². The molecule has 1 aliphatic heterocycles.